The molecule has 0 N–H and O–H groups in total. The average Bonchev–Trinajstić information content (AvgIpc) is 2.51. The number of ether oxygens (including phenoxy) is 2. The van der Waals surface area contributed by atoms with Gasteiger partial charge in [-0.3, -0.25) is 0 Å². The predicted octanol–water partition coefficient (Wildman–Crippen LogP) is 4.51. The summed E-state index contributed by atoms with van der Waals surface area (Å²) in [6.07, 6.45) is 1.79. The monoisotopic (exact) mass is 350 g/mol. The summed E-state index contributed by atoms with van der Waals surface area (Å²) in [5.41, 5.74) is 2.46. The van der Waals surface area contributed by atoms with Crippen LogP contribution in [0.3, 0.4) is 0 Å². The molecule has 0 bridgehead atoms. The summed E-state index contributed by atoms with van der Waals surface area (Å²) in [4.78, 5) is 11.8. The zero-order valence-corrected chi connectivity index (χ0v) is 16.1. The topological polar surface area (TPSA) is 35.5 Å². The quantitative estimate of drug-likeness (QED) is 0.269. The van der Waals surface area contributed by atoms with Gasteiger partial charge in [0.2, 0.25) is 0 Å². The second-order valence-corrected chi connectivity index (χ2v) is 15.6. The molecule has 0 atom stereocenters. The molecule has 1 rings (SSSR count). The first-order valence-corrected chi connectivity index (χ1v) is 12.8. The van der Waals surface area contributed by atoms with Gasteiger partial charge >= 0.3 is 5.97 Å². The Hall–Kier alpha value is -1.30. The Bertz CT molecular complexity index is 532. The molecule has 1 aromatic carbocycles. The maximum absolute atomic E-state index is 11.8. The van der Waals surface area contributed by atoms with E-state index >= 15 is 0 Å². The number of hydrogen-bond donors (Lipinski definition) is 0. The number of carbonyl (C=O) groups is 1. The van der Waals surface area contributed by atoms with E-state index in [2.05, 4.69) is 32.8 Å². The predicted molar refractivity (Wildman–Crippen MR) is 102 cm³/mol. The Labute approximate surface area is 144 Å². The number of esters is 1. The van der Waals surface area contributed by atoms with Gasteiger partial charge in [-0.25, -0.2) is 4.79 Å². The first kappa shape index (κ1) is 19.7. The molecule has 0 unspecified atom stereocenters. The molecule has 3 nitrogen and oxygen atoms in total. The van der Waals surface area contributed by atoms with Crippen LogP contribution >= 0.6 is 11.2 Å². The van der Waals surface area contributed by atoms with Crippen molar-refractivity contribution in [1.82, 2.24) is 0 Å². The Morgan fingerprint density at radius 2 is 1.91 bits per heavy atom. The lowest BCUT2D eigenvalue weighted by molar-refractivity contribution is -0.139. The second kappa shape index (κ2) is 9.75. The minimum absolute atomic E-state index is 0.184. The van der Waals surface area contributed by atoms with Gasteiger partial charge in [0.25, 0.3) is 0 Å². The summed E-state index contributed by atoms with van der Waals surface area (Å²) >= 11 is 1.90. The molecule has 0 spiro atoms. The van der Waals surface area contributed by atoms with Crippen LogP contribution in [0.2, 0.25) is 19.6 Å². The molecule has 126 valence electrons. The van der Waals surface area contributed by atoms with Crippen molar-refractivity contribution in [2.75, 3.05) is 19.0 Å². The van der Waals surface area contributed by atoms with Gasteiger partial charge in [-0.05, 0) is 11.1 Å². The van der Waals surface area contributed by atoms with Gasteiger partial charge in [0, 0.05) is 5.75 Å². The molecule has 0 heterocycles. The van der Waals surface area contributed by atoms with E-state index in [0.717, 1.165) is 16.9 Å². The summed E-state index contributed by atoms with van der Waals surface area (Å²) < 4.78 is 10.7. The van der Waals surface area contributed by atoms with Crippen LogP contribution in [0.1, 0.15) is 11.1 Å². The summed E-state index contributed by atoms with van der Waals surface area (Å²) in [6.45, 7) is 15.3. The van der Waals surface area contributed by atoms with E-state index in [1.54, 1.807) is 6.08 Å². The van der Waals surface area contributed by atoms with Crippen LogP contribution < -0.4 is 0 Å². The third kappa shape index (κ3) is 8.79. The van der Waals surface area contributed by atoms with Crippen LogP contribution in [0.4, 0.5) is 0 Å². The third-order valence-electron chi connectivity index (χ3n) is 2.90. The normalized spacial score (nSPS) is 11.1. The van der Waals surface area contributed by atoms with Crippen molar-refractivity contribution < 1.29 is 14.3 Å². The molecule has 0 aliphatic rings. The molecule has 0 aliphatic carbocycles. The highest BCUT2D eigenvalue weighted by Crippen LogP contribution is 2.18. The van der Waals surface area contributed by atoms with Crippen LogP contribution in [-0.4, -0.2) is 32.2 Å². The van der Waals surface area contributed by atoms with Gasteiger partial charge in [-0.15, -0.1) is 0 Å². The molecule has 0 saturated heterocycles. The molecule has 5 heteroatoms. The number of hydrogen-bond acceptors (Lipinski definition) is 4. The Kier molecular flexibility index (Phi) is 8.37. The molecule has 0 aromatic heterocycles. The van der Waals surface area contributed by atoms with Crippen molar-refractivity contribution in [3.05, 3.63) is 54.1 Å². The van der Waals surface area contributed by atoms with Crippen molar-refractivity contribution in [3.63, 3.8) is 0 Å². The van der Waals surface area contributed by atoms with Gasteiger partial charge < -0.3 is 9.47 Å². The molecular formula is C18H26O3SSi. The fourth-order valence-electron chi connectivity index (χ4n) is 1.69. The zero-order chi connectivity index (χ0) is 17.3. The van der Waals surface area contributed by atoms with Crippen molar-refractivity contribution in [1.29, 1.82) is 0 Å². The minimum Gasteiger partial charge on any atom is -0.461 e. The van der Waals surface area contributed by atoms with E-state index in [1.807, 2.05) is 35.5 Å². The van der Waals surface area contributed by atoms with Crippen LogP contribution in [0.5, 0.6) is 0 Å². The van der Waals surface area contributed by atoms with Gasteiger partial charge in [0.1, 0.15) is 13.8 Å². The second-order valence-electron chi connectivity index (χ2n) is 6.14. The van der Waals surface area contributed by atoms with E-state index in [1.165, 1.54) is 0 Å². The van der Waals surface area contributed by atoms with Crippen molar-refractivity contribution in [2.24, 2.45) is 0 Å². The Morgan fingerprint density at radius 3 is 2.48 bits per heavy atom. The third-order valence-corrected chi connectivity index (χ3v) is 7.35. The minimum atomic E-state index is -1.15. The standard InChI is InChI=1S/C18H26O3SSi/c1-6-16-7-9-17(10-8-16)14-20-13-15(2)18(19)21-11-12-22-23(3,4)5/h6-10H,1-2,11-14H2,3-5H3. The van der Waals surface area contributed by atoms with E-state index < -0.39 is 7.22 Å². The fourth-order valence-corrected chi connectivity index (χ4v) is 4.55. The van der Waals surface area contributed by atoms with Gasteiger partial charge in [-0.1, -0.05) is 63.1 Å². The van der Waals surface area contributed by atoms with Gasteiger partial charge in [0.05, 0.1) is 18.8 Å². The summed E-state index contributed by atoms with van der Waals surface area (Å²) in [6, 6.07) is 7.91. The molecular weight excluding hydrogens is 324 g/mol. The van der Waals surface area contributed by atoms with E-state index in [9.17, 15) is 4.79 Å². The van der Waals surface area contributed by atoms with E-state index in [4.69, 9.17) is 9.47 Å². The van der Waals surface area contributed by atoms with E-state index in [-0.39, 0.29) is 12.6 Å². The lowest BCUT2D eigenvalue weighted by Crippen LogP contribution is -2.18. The van der Waals surface area contributed by atoms with Crippen LogP contribution in [0, 0.1) is 0 Å². The molecule has 0 aliphatic heterocycles. The summed E-state index contributed by atoms with van der Waals surface area (Å²) in [5, 5.41) is 0. The fraction of sp³-hybridized carbons (Fsp3) is 0.389. The van der Waals surface area contributed by atoms with Crippen LogP contribution in [-0.2, 0) is 20.9 Å². The van der Waals surface area contributed by atoms with Crippen molar-refractivity contribution >= 4 is 30.5 Å². The molecule has 23 heavy (non-hydrogen) atoms. The number of rotatable bonds is 10. The first-order chi connectivity index (χ1) is 10.8. The smallest absolute Gasteiger partial charge is 0.335 e. The molecule has 0 fully saturated rings. The Morgan fingerprint density at radius 1 is 1.26 bits per heavy atom. The molecule has 0 radical (unpaired) electrons. The zero-order valence-electron chi connectivity index (χ0n) is 14.3. The maximum Gasteiger partial charge on any atom is 0.335 e. The summed E-state index contributed by atoms with van der Waals surface area (Å²) in [5.74, 6) is 0.466. The maximum atomic E-state index is 11.8. The average molecular weight is 351 g/mol. The molecule has 0 saturated carbocycles. The largest absolute Gasteiger partial charge is 0.461 e. The highest BCUT2D eigenvalue weighted by atomic mass is 32.4. The summed E-state index contributed by atoms with van der Waals surface area (Å²) in [7, 11) is -1.15. The molecule has 0 amide bonds. The van der Waals surface area contributed by atoms with Gasteiger partial charge in [0.15, 0.2) is 0 Å². The molecule has 1 aromatic rings. The van der Waals surface area contributed by atoms with Crippen LogP contribution in [0.25, 0.3) is 6.08 Å². The van der Waals surface area contributed by atoms with Crippen LogP contribution in [0.15, 0.2) is 43.0 Å². The highest BCUT2D eigenvalue weighted by Gasteiger charge is 2.14. The van der Waals surface area contributed by atoms with E-state index in [0.29, 0.717) is 18.8 Å². The number of carbonyl (C=O) groups excluding carboxylic acids is 1. The highest BCUT2D eigenvalue weighted by molar-refractivity contribution is 8.28. The van der Waals surface area contributed by atoms with Crippen molar-refractivity contribution in [2.45, 2.75) is 26.2 Å². The van der Waals surface area contributed by atoms with Crippen molar-refractivity contribution in [3.8, 4) is 0 Å². The number of benzene rings is 1. The van der Waals surface area contributed by atoms with Gasteiger partial charge in [-0.2, -0.15) is 11.2 Å². The lowest BCUT2D eigenvalue weighted by atomic mass is 10.1. The first-order valence-electron chi connectivity index (χ1n) is 7.60. The lowest BCUT2D eigenvalue weighted by Gasteiger charge is -2.15. The SMILES string of the molecule is C=Cc1ccc(COCC(=C)C(=O)OCCS[Si](C)(C)C)cc1. The Balaban J connectivity index is 2.22.